The number of likely N-dealkylation sites (N-methyl/N-ethyl adjacent to an activating group) is 2. The molecule has 1 fully saturated rings. The van der Waals surface area contributed by atoms with E-state index in [1.54, 1.807) is 0 Å². The monoisotopic (exact) mass is 254 g/mol. The van der Waals surface area contributed by atoms with E-state index in [0.717, 1.165) is 24.4 Å². The van der Waals surface area contributed by atoms with Gasteiger partial charge in [-0.1, -0.05) is 27.7 Å². The van der Waals surface area contributed by atoms with Gasteiger partial charge in [0.25, 0.3) is 0 Å². The second kappa shape index (κ2) is 7.49. The van der Waals surface area contributed by atoms with Crippen LogP contribution in [-0.4, -0.2) is 36.6 Å². The largest absolute Gasteiger partial charge is 0.313 e. The van der Waals surface area contributed by atoms with Crippen molar-refractivity contribution in [2.45, 2.75) is 78.4 Å². The van der Waals surface area contributed by atoms with Crippen LogP contribution in [0.15, 0.2) is 0 Å². The molecule has 0 aromatic carbocycles. The van der Waals surface area contributed by atoms with Crippen molar-refractivity contribution >= 4 is 0 Å². The Kier molecular flexibility index (Phi) is 6.65. The predicted octanol–water partition coefficient (Wildman–Crippen LogP) is 3.52. The van der Waals surface area contributed by atoms with E-state index in [0.29, 0.717) is 12.1 Å². The molecule has 0 bridgehead atoms. The molecule has 1 N–H and O–H groups in total. The van der Waals surface area contributed by atoms with Gasteiger partial charge in [0.05, 0.1) is 0 Å². The molecule has 0 saturated heterocycles. The van der Waals surface area contributed by atoms with Crippen molar-refractivity contribution in [3.63, 3.8) is 0 Å². The Balaban J connectivity index is 2.71. The van der Waals surface area contributed by atoms with Gasteiger partial charge in [0, 0.05) is 18.1 Å². The number of hydrogen-bond acceptors (Lipinski definition) is 2. The molecule has 0 radical (unpaired) electrons. The first-order valence-electron chi connectivity index (χ1n) is 7.96. The molecule has 2 nitrogen and oxygen atoms in total. The minimum absolute atomic E-state index is 0.696. The standard InChI is InChI=1S/C16H34N2/c1-7-13(5)18(6)16-11-14(12(3)4)9-10-15(16)17-8-2/h12-17H,7-11H2,1-6H3. The van der Waals surface area contributed by atoms with Crippen molar-refractivity contribution in [1.82, 2.24) is 10.2 Å². The zero-order valence-corrected chi connectivity index (χ0v) is 13.4. The molecule has 18 heavy (non-hydrogen) atoms. The quantitative estimate of drug-likeness (QED) is 0.780. The van der Waals surface area contributed by atoms with Crippen molar-refractivity contribution in [3.05, 3.63) is 0 Å². The summed E-state index contributed by atoms with van der Waals surface area (Å²) in [4.78, 5) is 2.63. The molecule has 1 aliphatic carbocycles. The third kappa shape index (κ3) is 3.96. The molecule has 0 aliphatic heterocycles. The molecule has 0 aromatic rings. The molecule has 0 aromatic heterocycles. The molecule has 1 aliphatic rings. The van der Waals surface area contributed by atoms with Crippen LogP contribution in [0.2, 0.25) is 0 Å². The van der Waals surface area contributed by atoms with E-state index in [1.165, 1.54) is 25.7 Å². The highest BCUT2D eigenvalue weighted by atomic mass is 15.2. The predicted molar refractivity (Wildman–Crippen MR) is 80.9 cm³/mol. The van der Waals surface area contributed by atoms with E-state index in [-0.39, 0.29) is 0 Å². The highest BCUT2D eigenvalue weighted by Gasteiger charge is 2.34. The third-order valence-corrected chi connectivity index (χ3v) is 5.08. The average molecular weight is 254 g/mol. The fraction of sp³-hybridized carbons (Fsp3) is 1.00. The molecule has 4 atom stereocenters. The number of hydrogen-bond donors (Lipinski definition) is 1. The second-order valence-corrected chi connectivity index (χ2v) is 6.47. The summed E-state index contributed by atoms with van der Waals surface area (Å²) >= 11 is 0. The lowest BCUT2D eigenvalue weighted by molar-refractivity contribution is 0.0759. The Hall–Kier alpha value is -0.0800. The van der Waals surface area contributed by atoms with Gasteiger partial charge in [0.1, 0.15) is 0 Å². The van der Waals surface area contributed by atoms with E-state index in [9.17, 15) is 0 Å². The summed E-state index contributed by atoms with van der Waals surface area (Å²) in [5.41, 5.74) is 0. The van der Waals surface area contributed by atoms with E-state index >= 15 is 0 Å². The number of nitrogens with zero attached hydrogens (tertiary/aromatic N) is 1. The first-order valence-corrected chi connectivity index (χ1v) is 7.96. The molecule has 0 spiro atoms. The van der Waals surface area contributed by atoms with Crippen LogP contribution in [0.3, 0.4) is 0 Å². The molecule has 0 heterocycles. The summed E-state index contributed by atoms with van der Waals surface area (Å²) in [5, 5.41) is 3.71. The molecular formula is C16H34N2. The van der Waals surface area contributed by atoms with Crippen LogP contribution in [0.5, 0.6) is 0 Å². The van der Waals surface area contributed by atoms with E-state index in [4.69, 9.17) is 0 Å². The van der Waals surface area contributed by atoms with Crippen LogP contribution in [0.25, 0.3) is 0 Å². The number of rotatable bonds is 6. The Morgan fingerprint density at radius 1 is 1.17 bits per heavy atom. The van der Waals surface area contributed by atoms with Crippen molar-refractivity contribution in [2.24, 2.45) is 11.8 Å². The van der Waals surface area contributed by atoms with Crippen molar-refractivity contribution in [1.29, 1.82) is 0 Å². The second-order valence-electron chi connectivity index (χ2n) is 6.47. The number of nitrogens with one attached hydrogen (secondary N) is 1. The molecule has 108 valence electrons. The fourth-order valence-corrected chi connectivity index (χ4v) is 3.35. The van der Waals surface area contributed by atoms with Gasteiger partial charge in [0.2, 0.25) is 0 Å². The lowest BCUT2D eigenvalue weighted by Gasteiger charge is -2.44. The summed E-state index contributed by atoms with van der Waals surface area (Å²) in [6.45, 7) is 12.8. The Morgan fingerprint density at radius 2 is 1.83 bits per heavy atom. The molecule has 2 heteroatoms. The first-order chi connectivity index (χ1) is 8.51. The van der Waals surface area contributed by atoms with Crippen LogP contribution >= 0.6 is 0 Å². The third-order valence-electron chi connectivity index (χ3n) is 5.08. The van der Waals surface area contributed by atoms with Gasteiger partial charge in [0.15, 0.2) is 0 Å². The lowest BCUT2D eigenvalue weighted by Crippen LogP contribution is -2.54. The summed E-state index contributed by atoms with van der Waals surface area (Å²) in [7, 11) is 2.33. The normalized spacial score (nSPS) is 31.0. The van der Waals surface area contributed by atoms with Crippen molar-refractivity contribution in [3.8, 4) is 0 Å². The van der Waals surface area contributed by atoms with Gasteiger partial charge in [-0.3, -0.25) is 4.90 Å². The van der Waals surface area contributed by atoms with Gasteiger partial charge in [-0.05, 0) is 58.0 Å². The minimum Gasteiger partial charge on any atom is -0.313 e. The van der Waals surface area contributed by atoms with Crippen molar-refractivity contribution < 1.29 is 0 Å². The highest BCUT2D eigenvalue weighted by molar-refractivity contribution is 4.92. The van der Waals surface area contributed by atoms with Crippen LogP contribution < -0.4 is 5.32 Å². The molecule has 1 saturated carbocycles. The van der Waals surface area contributed by atoms with Crippen LogP contribution in [0.4, 0.5) is 0 Å². The summed E-state index contributed by atoms with van der Waals surface area (Å²) in [6, 6.07) is 2.12. The SMILES string of the molecule is CCNC1CCC(C(C)C)CC1N(C)C(C)CC. The van der Waals surface area contributed by atoms with Crippen LogP contribution in [0.1, 0.15) is 60.3 Å². The maximum atomic E-state index is 3.71. The molecule has 4 unspecified atom stereocenters. The van der Waals surface area contributed by atoms with Gasteiger partial charge in [-0.15, -0.1) is 0 Å². The molecule has 0 amide bonds. The van der Waals surface area contributed by atoms with Gasteiger partial charge >= 0.3 is 0 Å². The minimum atomic E-state index is 0.696. The maximum Gasteiger partial charge on any atom is 0.0251 e. The smallest absolute Gasteiger partial charge is 0.0251 e. The van der Waals surface area contributed by atoms with E-state index in [1.807, 2.05) is 0 Å². The summed E-state index contributed by atoms with van der Waals surface area (Å²) in [6.07, 6.45) is 5.37. The van der Waals surface area contributed by atoms with E-state index in [2.05, 4.69) is 51.9 Å². The van der Waals surface area contributed by atoms with Gasteiger partial charge < -0.3 is 5.32 Å². The fourth-order valence-electron chi connectivity index (χ4n) is 3.35. The molecular weight excluding hydrogens is 220 g/mol. The highest BCUT2D eigenvalue weighted by Crippen LogP contribution is 2.33. The Labute approximate surface area is 115 Å². The topological polar surface area (TPSA) is 15.3 Å². The van der Waals surface area contributed by atoms with Gasteiger partial charge in [-0.25, -0.2) is 0 Å². The van der Waals surface area contributed by atoms with Crippen LogP contribution in [-0.2, 0) is 0 Å². The lowest BCUT2D eigenvalue weighted by atomic mass is 9.76. The Morgan fingerprint density at radius 3 is 2.33 bits per heavy atom. The molecule has 1 rings (SSSR count). The van der Waals surface area contributed by atoms with Crippen LogP contribution in [0, 0.1) is 11.8 Å². The Bertz CT molecular complexity index is 225. The average Bonchev–Trinajstić information content (AvgIpc) is 2.37. The first kappa shape index (κ1) is 16.0. The zero-order chi connectivity index (χ0) is 13.7. The van der Waals surface area contributed by atoms with Crippen molar-refractivity contribution in [2.75, 3.05) is 13.6 Å². The zero-order valence-electron chi connectivity index (χ0n) is 13.4. The maximum absolute atomic E-state index is 3.71. The summed E-state index contributed by atoms with van der Waals surface area (Å²) in [5.74, 6) is 1.75. The van der Waals surface area contributed by atoms with E-state index < -0.39 is 0 Å². The van der Waals surface area contributed by atoms with Gasteiger partial charge in [-0.2, -0.15) is 0 Å². The summed E-state index contributed by atoms with van der Waals surface area (Å²) < 4.78 is 0.